The van der Waals surface area contributed by atoms with Gasteiger partial charge in [-0.2, -0.15) is 0 Å². The quantitative estimate of drug-likeness (QED) is 0.733. The number of hydrogen-bond donors (Lipinski definition) is 2. The maximum atomic E-state index is 12.5. The third-order valence-electron chi connectivity index (χ3n) is 6.12. The molecule has 8 heteroatoms. The second-order valence-electron chi connectivity index (χ2n) is 7.75. The van der Waals surface area contributed by atoms with Gasteiger partial charge in [-0.05, 0) is 36.7 Å². The Morgan fingerprint density at radius 1 is 1.48 bits per heavy atom. The number of nitrogens with one attached hydrogen (secondary N) is 2. The average Bonchev–Trinajstić information content (AvgIpc) is 3.12. The van der Waals surface area contributed by atoms with E-state index in [0.717, 1.165) is 37.9 Å². The lowest BCUT2D eigenvalue weighted by atomic mass is 9.90. The van der Waals surface area contributed by atoms with E-state index in [0.29, 0.717) is 23.9 Å². The number of nitrogens with zero attached hydrogens (tertiary/aromatic N) is 3. The van der Waals surface area contributed by atoms with Crippen LogP contribution in [0.3, 0.4) is 0 Å². The molecular formula is C21H25N5O3. The van der Waals surface area contributed by atoms with Gasteiger partial charge in [0.1, 0.15) is 5.69 Å². The summed E-state index contributed by atoms with van der Waals surface area (Å²) in [5, 5.41) is 2.99. The number of likely N-dealkylation sites (tertiary alicyclic amines) is 1. The number of piperidine rings is 1. The second-order valence-corrected chi connectivity index (χ2v) is 7.75. The van der Waals surface area contributed by atoms with Crippen LogP contribution in [0.1, 0.15) is 51.6 Å². The molecule has 2 amide bonds. The molecule has 4 rings (SSSR count). The molecule has 2 aliphatic rings. The monoisotopic (exact) mass is 395 g/mol. The SMILES string of the molecule is C=Cc1cc(C(=O)NCC2CC23CCN(C(=O)c2cnc[nH]2)CC3)oc1C=NC. The van der Waals surface area contributed by atoms with Crippen molar-refractivity contribution in [3.8, 4) is 0 Å². The minimum Gasteiger partial charge on any atom is -0.449 e. The molecule has 1 atom stereocenters. The minimum atomic E-state index is -0.224. The van der Waals surface area contributed by atoms with Gasteiger partial charge < -0.3 is 19.6 Å². The molecule has 1 aliphatic heterocycles. The van der Waals surface area contributed by atoms with E-state index < -0.39 is 0 Å². The Kier molecular flexibility index (Phi) is 5.08. The first-order chi connectivity index (χ1) is 14.1. The molecule has 1 spiro atoms. The highest BCUT2D eigenvalue weighted by molar-refractivity contribution is 5.94. The summed E-state index contributed by atoms with van der Waals surface area (Å²) in [5.74, 6) is 1.03. The fraction of sp³-hybridized carbons (Fsp3) is 0.429. The number of carbonyl (C=O) groups is 2. The zero-order chi connectivity index (χ0) is 20.4. The fourth-order valence-electron chi connectivity index (χ4n) is 4.24. The van der Waals surface area contributed by atoms with Crippen molar-refractivity contribution in [2.24, 2.45) is 16.3 Å². The van der Waals surface area contributed by atoms with Crippen molar-refractivity contribution in [1.29, 1.82) is 0 Å². The summed E-state index contributed by atoms with van der Waals surface area (Å²) in [6.45, 7) is 5.83. The molecule has 2 fully saturated rings. The van der Waals surface area contributed by atoms with Gasteiger partial charge in [0.25, 0.3) is 11.8 Å². The highest BCUT2D eigenvalue weighted by Crippen LogP contribution is 2.59. The third kappa shape index (κ3) is 3.74. The predicted molar refractivity (Wildman–Crippen MR) is 109 cm³/mol. The Morgan fingerprint density at radius 3 is 2.93 bits per heavy atom. The van der Waals surface area contributed by atoms with E-state index in [1.165, 1.54) is 6.33 Å². The van der Waals surface area contributed by atoms with Crippen LogP contribution in [-0.4, -0.2) is 59.6 Å². The number of carbonyl (C=O) groups excluding carboxylic acids is 2. The standard InChI is InChI=1S/C21H25N5O3/c1-3-14-8-17(29-18(14)12-22-2)19(27)24-10-15-9-21(15)4-6-26(7-5-21)20(28)16-11-23-13-25-16/h3,8,11-13,15H,1,4-7,9-10H2,2H3,(H,23,25)(H,24,27). The molecule has 2 aromatic heterocycles. The molecule has 1 saturated carbocycles. The maximum absolute atomic E-state index is 12.5. The zero-order valence-corrected chi connectivity index (χ0v) is 16.5. The van der Waals surface area contributed by atoms with Crippen LogP contribution in [0.2, 0.25) is 0 Å². The van der Waals surface area contributed by atoms with Crippen LogP contribution in [0, 0.1) is 11.3 Å². The smallest absolute Gasteiger partial charge is 0.287 e. The molecular weight excluding hydrogens is 370 g/mol. The van der Waals surface area contributed by atoms with Crippen molar-refractivity contribution in [3.05, 3.63) is 47.9 Å². The maximum Gasteiger partial charge on any atom is 0.287 e. The van der Waals surface area contributed by atoms with Crippen LogP contribution in [-0.2, 0) is 0 Å². The van der Waals surface area contributed by atoms with Gasteiger partial charge in [-0.25, -0.2) is 4.98 Å². The first-order valence-electron chi connectivity index (χ1n) is 9.80. The number of H-pyrrole nitrogens is 1. The molecule has 0 aromatic carbocycles. The van der Waals surface area contributed by atoms with E-state index in [1.54, 1.807) is 31.6 Å². The van der Waals surface area contributed by atoms with Crippen LogP contribution in [0.25, 0.3) is 6.08 Å². The van der Waals surface area contributed by atoms with Crippen LogP contribution < -0.4 is 5.32 Å². The Bertz CT molecular complexity index is 936. The highest BCUT2D eigenvalue weighted by atomic mass is 16.4. The average molecular weight is 395 g/mol. The van der Waals surface area contributed by atoms with Gasteiger partial charge in [0, 0.05) is 32.2 Å². The number of amides is 2. The van der Waals surface area contributed by atoms with Crippen molar-refractivity contribution >= 4 is 24.1 Å². The molecule has 152 valence electrons. The summed E-state index contributed by atoms with van der Waals surface area (Å²) in [4.78, 5) is 37.5. The molecule has 2 aromatic rings. The number of aliphatic imine (C=N–C) groups is 1. The summed E-state index contributed by atoms with van der Waals surface area (Å²) in [7, 11) is 1.65. The molecule has 2 N–H and O–H groups in total. The molecule has 3 heterocycles. The van der Waals surface area contributed by atoms with E-state index in [1.807, 2.05) is 4.90 Å². The normalized spacial score (nSPS) is 20.2. The molecule has 0 bridgehead atoms. The molecule has 29 heavy (non-hydrogen) atoms. The lowest BCUT2D eigenvalue weighted by molar-refractivity contribution is 0.0663. The Balaban J connectivity index is 1.28. The number of rotatable bonds is 6. The molecule has 1 aliphatic carbocycles. The molecule has 1 saturated heterocycles. The minimum absolute atomic E-state index is 0.00474. The summed E-state index contributed by atoms with van der Waals surface area (Å²) >= 11 is 0. The largest absolute Gasteiger partial charge is 0.449 e. The van der Waals surface area contributed by atoms with Crippen LogP contribution in [0.4, 0.5) is 0 Å². The Morgan fingerprint density at radius 2 is 2.28 bits per heavy atom. The van der Waals surface area contributed by atoms with Gasteiger partial charge in [-0.15, -0.1) is 0 Å². The Hall–Kier alpha value is -3.16. The van der Waals surface area contributed by atoms with Gasteiger partial charge >= 0.3 is 0 Å². The van der Waals surface area contributed by atoms with Gasteiger partial charge in [0.15, 0.2) is 11.5 Å². The number of aromatic nitrogens is 2. The van der Waals surface area contributed by atoms with Crippen molar-refractivity contribution in [3.63, 3.8) is 0 Å². The van der Waals surface area contributed by atoms with E-state index in [-0.39, 0.29) is 23.0 Å². The van der Waals surface area contributed by atoms with E-state index in [9.17, 15) is 9.59 Å². The number of imidazole rings is 1. The van der Waals surface area contributed by atoms with E-state index >= 15 is 0 Å². The lowest BCUT2D eigenvalue weighted by Gasteiger charge is -2.32. The summed E-state index contributed by atoms with van der Waals surface area (Å²) < 4.78 is 5.59. The van der Waals surface area contributed by atoms with E-state index in [4.69, 9.17) is 4.42 Å². The number of aromatic amines is 1. The third-order valence-corrected chi connectivity index (χ3v) is 6.12. The summed E-state index contributed by atoms with van der Waals surface area (Å²) in [6, 6.07) is 1.68. The van der Waals surface area contributed by atoms with Crippen molar-refractivity contribution in [2.75, 3.05) is 26.7 Å². The van der Waals surface area contributed by atoms with Crippen molar-refractivity contribution in [2.45, 2.75) is 19.3 Å². The summed E-state index contributed by atoms with van der Waals surface area (Å²) in [5.41, 5.74) is 1.52. The Labute approximate surface area is 169 Å². The van der Waals surface area contributed by atoms with Gasteiger partial charge in [-0.3, -0.25) is 14.6 Å². The predicted octanol–water partition coefficient (Wildman–Crippen LogP) is 2.37. The van der Waals surface area contributed by atoms with Gasteiger partial charge in [0.05, 0.1) is 18.7 Å². The van der Waals surface area contributed by atoms with Gasteiger partial charge in [0.2, 0.25) is 0 Å². The summed E-state index contributed by atoms with van der Waals surface area (Å²) in [6.07, 6.45) is 9.31. The first kappa shape index (κ1) is 19.2. The van der Waals surface area contributed by atoms with Crippen LogP contribution >= 0.6 is 0 Å². The molecule has 1 unspecified atom stereocenters. The number of hydrogen-bond acceptors (Lipinski definition) is 5. The van der Waals surface area contributed by atoms with E-state index in [2.05, 4.69) is 26.9 Å². The topological polar surface area (TPSA) is 104 Å². The lowest BCUT2D eigenvalue weighted by Crippen LogP contribution is -2.40. The highest BCUT2D eigenvalue weighted by Gasteiger charge is 2.54. The van der Waals surface area contributed by atoms with Crippen LogP contribution in [0.15, 0.2) is 34.6 Å². The second kappa shape index (κ2) is 7.69. The zero-order valence-electron chi connectivity index (χ0n) is 16.5. The van der Waals surface area contributed by atoms with Crippen molar-refractivity contribution in [1.82, 2.24) is 20.2 Å². The first-order valence-corrected chi connectivity index (χ1v) is 9.80. The number of furan rings is 1. The van der Waals surface area contributed by atoms with Gasteiger partial charge in [-0.1, -0.05) is 12.7 Å². The molecule has 8 nitrogen and oxygen atoms in total. The molecule has 0 radical (unpaired) electrons. The van der Waals surface area contributed by atoms with Crippen molar-refractivity contribution < 1.29 is 14.0 Å². The van der Waals surface area contributed by atoms with Crippen LogP contribution in [0.5, 0.6) is 0 Å². The fourth-order valence-corrected chi connectivity index (χ4v) is 4.24.